The molecule has 7 nitrogen and oxygen atoms in total. The maximum absolute atomic E-state index is 11.6. The van der Waals surface area contributed by atoms with Crippen molar-refractivity contribution in [3.63, 3.8) is 0 Å². The van der Waals surface area contributed by atoms with Crippen LogP contribution in [0.5, 0.6) is 0 Å². The third-order valence-corrected chi connectivity index (χ3v) is 3.99. The van der Waals surface area contributed by atoms with Crippen LogP contribution in [0.2, 0.25) is 0 Å². The number of aliphatic hydroxyl groups excluding tert-OH is 1. The first-order chi connectivity index (χ1) is 8.70. The normalized spacial score (nSPS) is 12.5. The SMILES string of the molecule is CCC(CC)(CO)CNS(=O)(=O)NC(=O)OC(C)C. The van der Waals surface area contributed by atoms with Gasteiger partial charge < -0.3 is 9.84 Å². The highest BCUT2D eigenvalue weighted by molar-refractivity contribution is 7.88. The van der Waals surface area contributed by atoms with Crippen molar-refractivity contribution in [2.75, 3.05) is 13.2 Å². The van der Waals surface area contributed by atoms with E-state index in [1.807, 2.05) is 13.8 Å². The van der Waals surface area contributed by atoms with E-state index in [1.165, 1.54) is 0 Å². The first-order valence-electron chi connectivity index (χ1n) is 6.29. The number of ether oxygens (including phenoxy) is 1. The molecule has 0 aliphatic heterocycles. The van der Waals surface area contributed by atoms with Crippen molar-refractivity contribution < 1.29 is 23.1 Å². The lowest BCUT2D eigenvalue weighted by atomic mass is 9.84. The van der Waals surface area contributed by atoms with Gasteiger partial charge in [-0.3, -0.25) is 0 Å². The zero-order chi connectivity index (χ0) is 15.1. The molecule has 0 bridgehead atoms. The molecule has 1 amide bonds. The smallest absolute Gasteiger partial charge is 0.422 e. The second-order valence-corrected chi connectivity index (χ2v) is 6.25. The monoisotopic (exact) mass is 296 g/mol. The fraction of sp³-hybridized carbons (Fsp3) is 0.909. The predicted octanol–water partition coefficient (Wildman–Crippen LogP) is 0.754. The highest BCUT2D eigenvalue weighted by Crippen LogP contribution is 2.24. The highest BCUT2D eigenvalue weighted by atomic mass is 32.2. The molecule has 0 aliphatic rings. The van der Waals surface area contributed by atoms with Crippen LogP contribution in [0.4, 0.5) is 4.79 Å². The molecule has 0 aliphatic carbocycles. The van der Waals surface area contributed by atoms with Crippen molar-refractivity contribution >= 4 is 16.3 Å². The molecule has 0 saturated carbocycles. The molecule has 0 unspecified atom stereocenters. The molecule has 0 rings (SSSR count). The summed E-state index contributed by atoms with van der Waals surface area (Å²) in [6, 6.07) is 0. The van der Waals surface area contributed by atoms with Crippen LogP contribution < -0.4 is 9.44 Å². The average Bonchev–Trinajstić information content (AvgIpc) is 2.29. The number of rotatable bonds is 8. The molecule has 0 spiro atoms. The maximum Gasteiger partial charge on any atom is 0.422 e. The van der Waals surface area contributed by atoms with E-state index in [0.717, 1.165) is 0 Å². The van der Waals surface area contributed by atoms with Crippen molar-refractivity contribution in [3.05, 3.63) is 0 Å². The molecule has 0 aromatic heterocycles. The van der Waals surface area contributed by atoms with Gasteiger partial charge in [-0.2, -0.15) is 13.1 Å². The first kappa shape index (κ1) is 18.1. The number of aliphatic hydroxyl groups is 1. The zero-order valence-electron chi connectivity index (χ0n) is 11.9. The lowest BCUT2D eigenvalue weighted by Gasteiger charge is -2.29. The second kappa shape index (κ2) is 7.66. The molecule has 19 heavy (non-hydrogen) atoms. The molecular formula is C11H24N2O5S. The average molecular weight is 296 g/mol. The Bertz CT molecular complexity index is 368. The van der Waals surface area contributed by atoms with Gasteiger partial charge in [0.15, 0.2) is 0 Å². The Kier molecular flexibility index (Phi) is 7.32. The summed E-state index contributed by atoms with van der Waals surface area (Å²) < 4.78 is 31.9. The van der Waals surface area contributed by atoms with Crippen LogP contribution in [-0.2, 0) is 14.9 Å². The van der Waals surface area contributed by atoms with Crippen molar-refractivity contribution in [1.29, 1.82) is 0 Å². The van der Waals surface area contributed by atoms with Gasteiger partial charge in [0, 0.05) is 18.6 Å². The molecule has 114 valence electrons. The van der Waals surface area contributed by atoms with Gasteiger partial charge in [-0.1, -0.05) is 13.8 Å². The molecule has 8 heteroatoms. The Labute approximate surface area is 114 Å². The Hall–Kier alpha value is -0.860. The van der Waals surface area contributed by atoms with Gasteiger partial charge in [0.25, 0.3) is 0 Å². The van der Waals surface area contributed by atoms with Gasteiger partial charge in [0.1, 0.15) is 0 Å². The summed E-state index contributed by atoms with van der Waals surface area (Å²) >= 11 is 0. The third-order valence-electron chi connectivity index (χ3n) is 3.03. The lowest BCUT2D eigenvalue weighted by Crippen LogP contribution is -2.46. The van der Waals surface area contributed by atoms with E-state index in [-0.39, 0.29) is 13.2 Å². The highest BCUT2D eigenvalue weighted by Gasteiger charge is 2.28. The summed E-state index contributed by atoms with van der Waals surface area (Å²) in [6.45, 7) is 6.90. The fourth-order valence-corrected chi connectivity index (χ4v) is 2.25. The second-order valence-electron chi connectivity index (χ2n) is 4.75. The minimum Gasteiger partial charge on any atom is -0.446 e. The molecule has 0 atom stereocenters. The predicted molar refractivity (Wildman–Crippen MR) is 71.8 cm³/mol. The number of carbonyl (C=O) groups excluding carboxylic acids is 1. The van der Waals surface area contributed by atoms with E-state index in [0.29, 0.717) is 12.8 Å². The zero-order valence-corrected chi connectivity index (χ0v) is 12.7. The van der Waals surface area contributed by atoms with Crippen LogP contribution in [0, 0.1) is 5.41 Å². The summed E-state index contributed by atoms with van der Waals surface area (Å²) in [4.78, 5) is 11.2. The first-order valence-corrected chi connectivity index (χ1v) is 7.77. The van der Waals surface area contributed by atoms with Gasteiger partial charge >= 0.3 is 16.3 Å². The minimum atomic E-state index is -3.98. The molecule has 0 heterocycles. The summed E-state index contributed by atoms with van der Waals surface area (Å²) in [6.07, 6.45) is -0.180. The van der Waals surface area contributed by atoms with E-state index in [9.17, 15) is 18.3 Å². The van der Waals surface area contributed by atoms with E-state index >= 15 is 0 Å². The van der Waals surface area contributed by atoms with Crippen LogP contribution in [0.15, 0.2) is 0 Å². The Morgan fingerprint density at radius 1 is 1.32 bits per heavy atom. The van der Waals surface area contributed by atoms with Gasteiger partial charge in [-0.15, -0.1) is 0 Å². The number of hydrogen-bond acceptors (Lipinski definition) is 5. The van der Waals surface area contributed by atoms with Crippen LogP contribution in [0.3, 0.4) is 0 Å². The number of nitrogens with one attached hydrogen (secondary N) is 2. The van der Waals surface area contributed by atoms with Crippen molar-refractivity contribution in [3.8, 4) is 0 Å². The van der Waals surface area contributed by atoms with Crippen molar-refractivity contribution in [2.45, 2.75) is 46.6 Å². The van der Waals surface area contributed by atoms with Crippen LogP contribution >= 0.6 is 0 Å². The number of amides is 1. The molecular weight excluding hydrogens is 272 g/mol. The maximum atomic E-state index is 11.6. The molecule has 0 fully saturated rings. The lowest BCUT2D eigenvalue weighted by molar-refractivity contribution is 0.117. The summed E-state index contributed by atoms with van der Waals surface area (Å²) in [5.74, 6) is 0. The molecule has 0 aromatic carbocycles. The van der Waals surface area contributed by atoms with E-state index < -0.39 is 27.8 Å². The fourth-order valence-electron chi connectivity index (χ4n) is 1.41. The minimum absolute atomic E-state index is 0.0563. The third kappa shape index (κ3) is 6.74. The summed E-state index contributed by atoms with van der Waals surface area (Å²) in [5.41, 5.74) is -0.517. The molecule has 3 N–H and O–H groups in total. The van der Waals surface area contributed by atoms with Gasteiger partial charge in [-0.05, 0) is 26.7 Å². The largest absolute Gasteiger partial charge is 0.446 e. The molecule has 0 saturated heterocycles. The Morgan fingerprint density at radius 3 is 2.21 bits per heavy atom. The standard InChI is InChI=1S/C11H24N2O5S/c1-5-11(6-2,8-14)7-12-19(16,17)13-10(15)18-9(3)4/h9,12,14H,5-8H2,1-4H3,(H,13,15). The van der Waals surface area contributed by atoms with Crippen LogP contribution in [0.1, 0.15) is 40.5 Å². The van der Waals surface area contributed by atoms with E-state index in [4.69, 9.17) is 0 Å². The topological polar surface area (TPSA) is 105 Å². The van der Waals surface area contributed by atoms with Gasteiger partial charge in [0.2, 0.25) is 0 Å². The number of carbonyl (C=O) groups is 1. The Balaban J connectivity index is 4.50. The number of hydrogen-bond donors (Lipinski definition) is 3. The van der Waals surface area contributed by atoms with Crippen LogP contribution in [-0.4, -0.2) is 38.9 Å². The molecule has 0 aromatic rings. The van der Waals surface area contributed by atoms with Crippen molar-refractivity contribution in [2.24, 2.45) is 5.41 Å². The summed E-state index contributed by atoms with van der Waals surface area (Å²) in [7, 11) is -3.98. The van der Waals surface area contributed by atoms with Gasteiger partial charge in [-0.25, -0.2) is 9.52 Å². The molecule has 0 radical (unpaired) electrons. The van der Waals surface area contributed by atoms with Crippen LogP contribution in [0.25, 0.3) is 0 Å². The van der Waals surface area contributed by atoms with Gasteiger partial charge in [0.05, 0.1) is 6.10 Å². The Morgan fingerprint density at radius 2 is 1.84 bits per heavy atom. The summed E-state index contributed by atoms with van der Waals surface area (Å²) in [5, 5.41) is 9.33. The van der Waals surface area contributed by atoms with E-state index in [2.05, 4.69) is 9.46 Å². The van der Waals surface area contributed by atoms with Crippen molar-refractivity contribution in [1.82, 2.24) is 9.44 Å². The van der Waals surface area contributed by atoms with E-state index in [1.54, 1.807) is 18.6 Å². The quantitative estimate of drug-likeness (QED) is 0.613.